The van der Waals surface area contributed by atoms with E-state index in [-0.39, 0.29) is 0 Å². The number of hydrogen-bond donors (Lipinski definition) is 0. The van der Waals surface area contributed by atoms with Crippen molar-refractivity contribution in [3.05, 3.63) is 52.6 Å². The molecule has 0 saturated heterocycles. The van der Waals surface area contributed by atoms with Crippen molar-refractivity contribution in [1.29, 1.82) is 0 Å². The molecule has 2 rings (SSSR count). The SMILES string of the molecule is CC/C=C\C1=C(C)CC(C)c2cc(C)ccc21. The van der Waals surface area contributed by atoms with Crippen molar-refractivity contribution in [1.82, 2.24) is 0 Å². The average molecular weight is 226 g/mol. The van der Waals surface area contributed by atoms with Crippen molar-refractivity contribution < 1.29 is 0 Å². The van der Waals surface area contributed by atoms with Crippen molar-refractivity contribution in [3.8, 4) is 0 Å². The highest BCUT2D eigenvalue weighted by molar-refractivity contribution is 5.80. The zero-order valence-electron chi connectivity index (χ0n) is 11.4. The largest absolute Gasteiger partial charge is 0.0842 e. The molecular weight excluding hydrogens is 204 g/mol. The van der Waals surface area contributed by atoms with Crippen LogP contribution in [0.2, 0.25) is 0 Å². The lowest BCUT2D eigenvalue weighted by atomic mass is 9.79. The van der Waals surface area contributed by atoms with Crippen LogP contribution in [0.25, 0.3) is 5.57 Å². The smallest absolute Gasteiger partial charge is 0.0147 e. The van der Waals surface area contributed by atoms with Crippen molar-refractivity contribution >= 4 is 5.57 Å². The first kappa shape index (κ1) is 12.2. The number of aryl methyl sites for hydroxylation is 1. The van der Waals surface area contributed by atoms with Gasteiger partial charge in [0.15, 0.2) is 0 Å². The highest BCUT2D eigenvalue weighted by Crippen LogP contribution is 2.39. The Balaban J connectivity index is 2.54. The van der Waals surface area contributed by atoms with Crippen LogP contribution in [0.4, 0.5) is 0 Å². The van der Waals surface area contributed by atoms with Crippen LogP contribution < -0.4 is 0 Å². The van der Waals surface area contributed by atoms with Gasteiger partial charge >= 0.3 is 0 Å². The molecule has 1 aliphatic rings. The fourth-order valence-electron chi connectivity index (χ4n) is 2.71. The molecular formula is C17H22. The van der Waals surface area contributed by atoms with E-state index < -0.39 is 0 Å². The molecule has 90 valence electrons. The quantitative estimate of drug-likeness (QED) is 0.646. The predicted molar refractivity (Wildman–Crippen MR) is 76.2 cm³/mol. The van der Waals surface area contributed by atoms with Gasteiger partial charge in [0.2, 0.25) is 0 Å². The molecule has 17 heavy (non-hydrogen) atoms. The first-order chi connectivity index (χ1) is 8.13. The Morgan fingerprint density at radius 3 is 2.76 bits per heavy atom. The number of rotatable bonds is 2. The summed E-state index contributed by atoms with van der Waals surface area (Å²) in [6.07, 6.45) is 6.86. The van der Waals surface area contributed by atoms with E-state index in [1.807, 2.05) is 0 Å². The topological polar surface area (TPSA) is 0 Å². The third-order valence-corrected chi connectivity index (χ3v) is 3.62. The number of allylic oxidation sites excluding steroid dienone is 4. The number of fused-ring (bicyclic) bond motifs is 1. The Morgan fingerprint density at radius 2 is 2.06 bits per heavy atom. The van der Waals surface area contributed by atoms with Crippen LogP contribution in [0.3, 0.4) is 0 Å². The lowest BCUT2D eigenvalue weighted by Crippen LogP contribution is -2.07. The Morgan fingerprint density at radius 1 is 1.29 bits per heavy atom. The molecule has 0 radical (unpaired) electrons. The van der Waals surface area contributed by atoms with Crippen molar-refractivity contribution in [2.75, 3.05) is 0 Å². The van der Waals surface area contributed by atoms with Crippen LogP contribution in [-0.4, -0.2) is 0 Å². The lowest BCUT2D eigenvalue weighted by Gasteiger charge is -2.25. The molecule has 0 N–H and O–H groups in total. The molecule has 0 heteroatoms. The van der Waals surface area contributed by atoms with Gasteiger partial charge in [-0.2, -0.15) is 0 Å². The molecule has 0 heterocycles. The van der Waals surface area contributed by atoms with E-state index in [4.69, 9.17) is 0 Å². The summed E-state index contributed by atoms with van der Waals surface area (Å²) in [4.78, 5) is 0. The summed E-state index contributed by atoms with van der Waals surface area (Å²) in [6.45, 7) is 8.98. The Labute approximate surface area is 105 Å². The van der Waals surface area contributed by atoms with Gasteiger partial charge in [0.05, 0.1) is 0 Å². The molecule has 1 aromatic carbocycles. The van der Waals surface area contributed by atoms with Gasteiger partial charge in [-0.05, 0) is 49.3 Å². The van der Waals surface area contributed by atoms with Crippen LogP contribution in [-0.2, 0) is 0 Å². The minimum Gasteiger partial charge on any atom is -0.0842 e. The van der Waals surface area contributed by atoms with Gasteiger partial charge in [-0.15, -0.1) is 0 Å². The molecule has 0 spiro atoms. The Bertz CT molecular complexity index is 475. The second-order valence-corrected chi connectivity index (χ2v) is 5.20. The van der Waals surface area contributed by atoms with Crippen molar-refractivity contribution in [2.24, 2.45) is 0 Å². The third-order valence-electron chi connectivity index (χ3n) is 3.62. The highest BCUT2D eigenvalue weighted by Gasteiger charge is 2.20. The Kier molecular flexibility index (Phi) is 3.51. The minimum atomic E-state index is 0.656. The van der Waals surface area contributed by atoms with Gasteiger partial charge in [-0.3, -0.25) is 0 Å². The molecule has 1 unspecified atom stereocenters. The van der Waals surface area contributed by atoms with Gasteiger partial charge in [0, 0.05) is 0 Å². The second kappa shape index (κ2) is 4.91. The molecule has 1 aliphatic carbocycles. The summed E-state index contributed by atoms with van der Waals surface area (Å²) in [6, 6.07) is 6.87. The molecule has 0 bridgehead atoms. The van der Waals surface area contributed by atoms with Gasteiger partial charge in [-0.1, -0.05) is 55.3 Å². The maximum absolute atomic E-state index is 2.35. The third kappa shape index (κ3) is 2.36. The molecule has 0 fully saturated rings. The monoisotopic (exact) mass is 226 g/mol. The molecule has 0 aliphatic heterocycles. The Hall–Kier alpha value is -1.30. The van der Waals surface area contributed by atoms with E-state index in [1.54, 1.807) is 0 Å². The normalized spacial score (nSPS) is 19.9. The van der Waals surface area contributed by atoms with Gasteiger partial charge in [0.1, 0.15) is 0 Å². The number of benzene rings is 1. The van der Waals surface area contributed by atoms with Crippen LogP contribution in [0.1, 0.15) is 56.2 Å². The predicted octanol–water partition coefficient (Wildman–Crippen LogP) is 5.24. The van der Waals surface area contributed by atoms with Gasteiger partial charge < -0.3 is 0 Å². The maximum atomic E-state index is 2.35. The van der Waals surface area contributed by atoms with E-state index in [1.165, 1.54) is 34.3 Å². The fraction of sp³-hybridized carbons (Fsp3) is 0.412. The van der Waals surface area contributed by atoms with E-state index >= 15 is 0 Å². The fourth-order valence-corrected chi connectivity index (χ4v) is 2.71. The summed E-state index contributed by atoms with van der Waals surface area (Å²) in [5.74, 6) is 0.656. The van der Waals surface area contributed by atoms with E-state index in [9.17, 15) is 0 Å². The van der Waals surface area contributed by atoms with Crippen LogP contribution >= 0.6 is 0 Å². The zero-order valence-corrected chi connectivity index (χ0v) is 11.4. The van der Waals surface area contributed by atoms with Crippen LogP contribution in [0.15, 0.2) is 35.9 Å². The first-order valence-corrected chi connectivity index (χ1v) is 6.60. The first-order valence-electron chi connectivity index (χ1n) is 6.60. The molecule has 0 saturated carbocycles. The standard InChI is InChI=1S/C17H22/c1-5-6-7-15-13(3)11-14(4)17-10-12(2)8-9-16(15)17/h6-10,14H,5,11H2,1-4H3/b7-6-. The molecule has 0 amide bonds. The van der Waals surface area contributed by atoms with E-state index in [2.05, 4.69) is 58.0 Å². The summed E-state index contributed by atoms with van der Waals surface area (Å²) < 4.78 is 0. The highest BCUT2D eigenvalue weighted by atomic mass is 14.2. The van der Waals surface area contributed by atoms with Crippen molar-refractivity contribution in [3.63, 3.8) is 0 Å². The maximum Gasteiger partial charge on any atom is -0.0147 e. The summed E-state index contributed by atoms with van der Waals surface area (Å²) in [5, 5.41) is 0. The number of hydrogen-bond acceptors (Lipinski definition) is 0. The molecule has 0 nitrogen and oxygen atoms in total. The lowest BCUT2D eigenvalue weighted by molar-refractivity contribution is 0.737. The van der Waals surface area contributed by atoms with Crippen molar-refractivity contribution in [2.45, 2.75) is 46.5 Å². The van der Waals surface area contributed by atoms with Gasteiger partial charge in [-0.25, -0.2) is 0 Å². The molecule has 1 atom stereocenters. The zero-order chi connectivity index (χ0) is 12.4. The second-order valence-electron chi connectivity index (χ2n) is 5.20. The van der Waals surface area contributed by atoms with E-state index in [0.29, 0.717) is 5.92 Å². The van der Waals surface area contributed by atoms with Crippen LogP contribution in [0, 0.1) is 6.92 Å². The summed E-state index contributed by atoms with van der Waals surface area (Å²) in [7, 11) is 0. The molecule has 1 aromatic rings. The van der Waals surface area contributed by atoms with E-state index in [0.717, 1.165) is 6.42 Å². The van der Waals surface area contributed by atoms with Crippen LogP contribution in [0.5, 0.6) is 0 Å². The summed E-state index contributed by atoms with van der Waals surface area (Å²) in [5.41, 5.74) is 7.30. The molecule has 0 aromatic heterocycles. The average Bonchev–Trinajstić information content (AvgIpc) is 2.29. The van der Waals surface area contributed by atoms with Gasteiger partial charge in [0.25, 0.3) is 0 Å². The summed E-state index contributed by atoms with van der Waals surface area (Å²) >= 11 is 0. The minimum absolute atomic E-state index is 0.656.